The van der Waals surface area contributed by atoms with Gasteiger partial charge in [-0.3, -0.25) is 0 Å². The molecule has 20 heavy (non-hydrogen) atoms. The van der Waals surface area contributed by atoms with Gasteiger partial charge in [-0.05, 0) is 47.2 Å². The Morgan fingerprint density at radius 2 is 1.70 bits per heavy atom. The van der Waals surface area contributed by atoms with Crippen LogP contribution < -0.4 is 0 Å². The minimum absolute atomic E-state index is 0.0255. The zero-order valence-electron chi connectivity index (χ0n) is 11.8. The predicted octanol–water partition coefficient (Wildman–Crippen LogP) is 4.19. The molecule has 0 aliphatic heterocycles. The summed E-state index contributed by atoms with van der Waals surface area (Å²) in [5.41, 5.74) is 3.59. The number of hydrogen-bond donors (Lipinski definition) is 2. The molecule has 0 aliphatic carbocycles. The summed E-state index contributed by atoms with van der Waals surface area (Å²) in [6.07, 6.45) is 0. The Bertz CT molecular complexity index is 640. The highest BCUT2D eigenvalue weighted by Gasteiger charge is 2.16. The van der Waals surface area contributed by atoms with Gasteiger partial charge in [0.1, 0.15) is 5.75 Å². The Labute approximate surface area is 118 Å². The lowest BCUT2D eigenvalue weighted by atomic mass is 9.92. The molecule has 3 heteroatoms. The van der Waals surface area contributed by atoms with Gasteiger partial charge in [-0.25, -0.2) is 4.79 Å². The maximum Gasteiger partial charge on any atom is 0.336 e. The molecule has 0 heterocycles. The van der Waals surface area contributed by atoms with Crippen LogP contribution in [0.2, 0.25) is 0 Å². The van der Waals surface area contributed by atoms with Crippen molar-refractivity contribution in [2.24, 2.45) is 0 Å². The second kappa shape index (κ2) is 5.37. The van der Waals surface area contributed by atoms with E-state index in [2.05, 4.69) is 13.8 Å². The summed E-state index contributed by atoms with van der Waals surface area (Å²) >= 11 is 0. The molecule has 0 amide bonds. The molecule has 104 valence electrons. The van der Waals surface area contributed by atoms with Crippen molar-refractivity contribution in [2.75, 3.05) is 0 Å². The van der Waals surface area contributed by atoms with E-state index in [1.54, 1.807) is 13.0 Å². The number of hydrogen-bond acceptors (Lipinski definition) is 2. The second-order valence-electron chi connectivity index (χ2n) is 5.27. The maximum absolute atomic E-state index is 11.4. The lowest BCUT2D eigenvalue weighted by Gasteiger charge is -2.12. The number of carboxylic acids is 1. The molecule has 0 fully saturated rings. The monoisotopic (exact) mass is 270 g/mol. The Morgan fingerprint density at radius 3 is 2.20 bits per heavy atom. The molecule has 0 bridgehead atoms. The van der Waals surface area contributed by atoms with Crippen LogP contribution in [0.3, 0.4) is 0 Å². The number of carbonyl (C=O) groups is 1. The standard InChI is InChI=1S/C17H18O3/c1-10(2)12-4-6-13(7-5-12)16-11(3)8-14(18)9-15(16)17(19)20/h4-10,18H,1-3H3,(H,19,20). The van der Waals surface area contributed by atoms with E-state index in [1.165, 1.54) is 11.6 Å². The van der Waals surface area contributed by atoms with Crippen LogP contribution in [-0.4, -0.2) is 16.2 Å². The van der Waals surface area contributed by atoms with Crippen molar-refractivity contribution in [3.63, 3.8) is 0 Å². The van der Waals surface area contributed by atoms with Crippen molar-refractivity contribution in [3.8, 4) is 16.9 Å². The van der Waals surface area contributed by atoms with Gasteiger partial charge in [0.05, 0.1) is 5.56 Å². The van der Waals surface area contributed by atoms with Gasteiger partial charge in [0.2, 0.25) is 0 Å². The Hall–Kier alpha value is -2.29. The third-order valence-corrected chi connectivity index (χ3v) is 3.42. The van der Waals surface area contributed by atoms with Crippen LogP contribution in [0, 0.1) is 6.92 Å². The van der Waals surface area contributed by atoms with Crippen molar-refractivity contribution in [1.29, 1.82) is 0 Å². The van der Waals surface area contributed by atoms with Crippen LogP contribution >= 0.6 is 0 Å². The number of phenolic OH excluding ortho intramolecular Hbond substituents is 1. The van der Waals surface area contributed by atoms with Gasteiger partial charge in [-0.2, -0.15) is 0 Å². The molecule has 0 aliphatic rings. The fourth-order valence-corrected chi connectivity index (χ4v) is 2.35. The highest BCUT2D eigenvalue weighted by molar-refractivity contribution is 5.97. The van der Waals surface area contributed by atoms with Gasteiger partial charge in [-0.1, -0.05) is 38.1 Å². The molecule has 2 rings (SSSR count). The lowest BCUT2D eigenvalue weighted by molar-refractivity contribution is 0.0697. The highest BCUT2D eigenvalue weighted by Crippen LogP contribution is 2.32. The van der Waals surface area contributed by atoms with Crippen LogP contribution in [0.25, 0.3) is 11.1 Å². The van der Waals surface area contributed by atoms with E-state index < -0.39 is 5.97 Å². The largest absolute Gasteiger partial charge is 0.508 e. The molecule has 0 saturated carbocycles. The Morgan fingerprint density at radius 1 is 1.10 bits per heavy atom. The first-order chi connectivity index (χ1) is 9.40. The van der Waals surface area contributed by atoms with Gasteiger partial charge in [0.25, 0.3) is 0 Å². The summed E-state index contributed by atoms with van der Waals surface area (Å²) in [7, 11) is 0. The number of aromatic hydroxyl groups is 1. The van der Waals surface area contributed by atoms with Crippen molar-refractivity contribution >= 4 is 5.97 Å². The molecule has 0 radical (unpaired) electrons. The maximum atomic E-state index is 11.4. The molecule has 0 saturated heterocycles. The van der Waals surface area contributed by atoms with Gasteiger partial charge in [0.15, 0.2) is 0 Å². The van der Waals surface area contributed by atoms with E-state index in [9.17, 15) is 15.0 Å². The topological polar surface area (TPSA) is 57.5 Å². The molecular weight excluding hydrogens is 252 g/mol. The zero-order chi connectivity index (χ0) is 14.9. The number of rotatable bonds is 3. The van der Waals surface area contributed by atoms with Crippen molar-refractivity contribution in [1.82, 2.24) is 0 Å². The van der Waals surface area contributed by atoms with E-state index >= 15 is 0 Å². The quantitative estimate of drug-likeness (QED) is 0.879. The van der Waals surface area contributed by atoms with Crippen LogP contribution in [0.5, 0.6) is 5.75 Å². The van der Waals surface area contributed by atoms with Gasteiger partial charge in [-0.15, -0.1) is 0 Å². The highest BCUT2D eigenvalue weighted by atomic mass is 16.4. The van der Waals surface area contributed by atoms with Crippen LogP contribution in [-0.2, 0) is 0 Å². The molecule has 2 aromatic rings. The average molecular weight is 270 g/mol. The second-order valence-corrected chi connectivity index (χ2v) is 5.27. The third-order valence-electron chi connectivity index (χ3n) is 3.42. The number of phenols is 1. The summed E-state index contributed by atoms with van der Waals surface area (Å²) in [6.45, 7) is 6.03. The first-order valence-electron chi connectivity index (χ1n) is 6.57. The predicted molar refractivity (Wildman–Crippen MR) is 79.3 cm³/mol. The Balaban J connectivity index is 2.59. The number of aromatic carboxylic acids is 1. The van der Waals surface area contributed by atoms with E-state index in [0.717, 1.165) is 11.1 Å². The molecule has 0 aromatic heterocycles. The summed E-state index contributed by atoms with van der Waals surface area (Å²) in [5.74, 6) is -0.627. The normalized spacial score (nSPS) is 10.8. The van der Waals surface area contributed by atoms with E-state index in [-0.39, 0.29) is 11.3 Å². The summed E-state index contributed by atoms with van der Waals surface area (Å²) in [4.78, 5) is 11.4. The summed E-state index contributed by atoms with van der Waals surface area (Å²) < 4.78 is 0. The minimum atomic E-state index is -1.04. The molecule has 0 atom stereocenters. The van der Waals surface area contributed by atoms with E-state index in [0.29, 0.717) is 11.5 Å². The van der Waals surface area contributed by atoms with Crippen LogP contribution in [0.4, 0.5) is 0 Å². The van der Waals surface area contributed by atoms with Gasteiger partial charge in [0, 0.05) is 0 Å². The number of benzene rings is 2. The van der Waals surface area contributed by atoms with Crippen LogP contribution in [0.1, 0.15) is 41.3 Å². The fraction of sp³-hybridized carbons (Fsp3) is 0.235. The fourth-order valence-electron chi connectivity index (χ4n) is 2.35. The number of aryl methyl sites for hydroxylation is 1. The molecule has 2 N–H and O–H groups in total. The summed E-state index contributed by atoms with van der Waals surface area (Å²) in [5, 5.41) is 18.9. The lowest BCUT2D eigenvalue weighted by Crippen LogP contribution is -2.01. The van der Waals surface area contributed by atoms with Crippen LogP contribution in [0.15, 0.2) is 36.4 Å². The minimum Gasteiger partial charge on any atom is -0.508 e. The van der Waals surface area contributed by atoms with Gasteiger partial charge < -0.3 is 10.2 Å². The smallest absolute Gasteiger partial charge is 0.336 e. The van der Waals surface area contributed by atoms with E-state index in [4.69, 9.17) is 0 Å². The van der Waals surface area contributed by atoms with Crippen molar-refractivity contribution in [3.05, 3.63) is 53.1 Å². The average Bonchev–Trinajstić information content (AvgIpc) is 2.37. The Kier molecular flexibility index (Phi) is 3.79. The molecule has 0 spiro atoms. The molecule has 0 unspecified atom stereocenters. The SMILES string of the molecule is Cc1cc(O)cc(C(=O)O)c1-c1ccc(C(C)C)cc1. The molecule has 2 aromatic carbocycles. The third kappa shape index (κ3) is 2.67. The zero-order valence-corrected chi connectivity index (χ0v) is 11.8. The first-order valence-corrected chi connectivity index (χ1v) is 6.57. The van der Waals surface area contributed by atoms with Crippen molar-refractivity contribution in [2.45, 2.75) is 26.7 Å². The number of carboxylic acid groups (broad SMARTS) is 1. The molecule has 3 nitrogen and oxygen atoms in total. The van der Waals surface area contributed by atoms with Crippen molar-refractivity contribution < 1.29 is 15.0 Å². The van der Waals surface area contributed by atoms with Gasteiger partial charge >= 0.3 is 5.97 Å². The molecular formula is C17H18O3. The summed E-state index contributed by atoms with van der Waals surface area (Å²) in [6, 6.07) is 10.8. The first kappa shape index (κ1) is 14.1. The van der Waals surface area contributed by atoms with E-state index in [1.807, 2.05) is 24.3 Å².